The van der Waals surface area contributed by atoms with Crippen LogP contribution >= 0.6 is 0 Å². The highest BCUT2D eigenvalue weighted by Gasteiger charge is 2.50. The summed E-state index contributed by atoms with van der Waals surface area (Å²) in [5, 5.41) is 13.1. The van der Waals surface area contributed by atoms with Crippen molar-refractivity contribution in [3.63, 3.8) is 0 Å². The maximum Gasteiger partial charge on any atom is 0.431 e. The fourth-order valence-corrected chi connectivity index (χ4v) is 4.97. The van der Waals surface area contributed by atoms with Crippen LogP contribution in [0.3, 0.4) is 0 Å². The fourth-order valence-electron chi connectivity index (χ4n) is 4.97. The summed E-state index contributed by atoms with van der Waals surface area (Å²) in [6.45, 7) is 4.05. The molecule has 4 heterocycles. The first-order valence-corrected chi connectivity index (χ1v) is 11.2. The maximum absolute atomic E-state index is 13.8. The number of aliphatic hydroxyl groups is 1. The van der Waals surface area contributed by atoms with Crippen LogP contribution in [0.5, 0.6) is 0 Å². The van der Waals surface area contributed by atoms with Crippen LogP contribution in [-0.4, -0.2) is 39.8 Å². The zero-order valence-corrected chi connectivity index (χ0v) is 18.9. The molecule has 1 aromatic heterocycles. The van der Waals surface area contributed by atoms with Crippen LogP contribution in [0.4, 0.5) is 13.2 Å². The number of nitrogens with one attached hydrogen (secondary N) is 1. The Morgan fingerprint density at radius 2 is 1.79 bits per heavy atom. The van der Waals surface area contributed by atoms with Crippen molar-refractivity contribution in [1.29, 1.82) is 0 Å². The van der Waals surface area contributed by atoms with Crippen molar-refractivity contribution in [1.82, 2.24) is 14.8 Å². The van der Waals surface area contributed by atoms with E-state index >= 15 is 0 Å². The number of carbonyl (C=O) groups is 1. The van der Waals surface area contributed by atoms with E-state index < -0.39 is 29.3 Å². The number of carbonyl (C=O) groups excluding carboxylic acids is 1. The molecular formula is C25H26F3N3O3. The van der Waals surface area contributed by atoms with Crippen molar-refractivity contribution in [2.24, 2.45) is 0 Å². The Hall–Kier alpha value is -3.04. The molecule has 1 unspecified atom stereocenters. The SMILES string of the molecule is CC(C)(O)c1ccc(C(=O)N2CCC3(CC2)OC2NC=CC=C2n2c(C(F)(F)F)ccc23)cc1. The van der Waals surface area contributed by atoms with Gasteiger partial charge in [0.25, 0.3) is 5.91 Å². The zero-order valence-electron chi connectivity index (χ0n) is 18.9. The van der Waals surface area contributed by atoms with Crippen LogP contribution in [0.1, 0.15) is 54.0 Å². The molecule has 0 bridgehead atoms. The Morgan fingerprint density at radius 3 is 2.41 bits per heavy atom. The van der Waals surface area contributed by atoms with Crippen molar-refractivity contribution in [3.05, 3.63) is 77.3 Å². The van der Waals surface area contributed by atoms with Crippen molar-refractivity contribution in [3.8, 4) is 0 Å². The molecule has 2 N–H and O–H groups in total. The number of fused-ring (bicyclic) bond motifs is 4. The summed E-state index contributed by atoms with van der Waals surface area (Å²) >= 11 is 0. The number of rotatable bonds is 2. The average Bonchev–Trinajstić information content (AvgIpc) is 3.26. The Labute approximate surface area is 195 Å². The van der Waals surface area contributed by atoms with E-state index in [9.17, 15) is 23.1 Å². The van der Waals surface area contributed by atoms with E-state index in [1.54, 1.807) is 61.4 Å². The van der Waals surface area contributed by atoms with Gasteiger partial charge < -0.3 is 24.6 Å². The lowest BCUT2D eigenvalue weighted by Crippen LogP contribution is -2.53. The molecule has 0 radical (unpaired) electrons. The number of piperidine rings is 1. The number of hydrogen-bond acceptors (Lipinski definition) is 4. The van der Waals surface area contributed by atoms with Gasteiger partial charge in [0.05, 0.1) is 17.0 Å². The second-order valence-electron chi connectivity index (χ2n) is 9.48. The lowest BCUT2D eigenvalue weighted by molar-refractivity contribution is -0.149. The molecule has 3 aliphatic rings. The summed E-state index contributed by atoms with van der Waals surface area (Å²) in [7, 11) is 0. The number of likely N-dealkylation sites (tertiary alicyclic amines) is 1. The molecule has 0 saturated carbocycles. The first-order valence-electron chi connectivity index (χ1n) is 11.2. The summed E-state index contributed by atoms with van der Waals surface area (Å²) in [5.41, 5.74) is -0.615. The van der Waals surface area contributed by atoms with Crippen LogP contribution in [0.15, 0.2) is 54.8 Å². The van der Waals surface area contributed by atoms with E-state index in [1.165, 1.54) is 10.6 Å². The fraction of sp³-hybridized carbons (Fsp3) is 0.400. The van der Waals surface area contributed by atoms with Crippen molar-refractivity contribution in [2.75, 3.05) is 13.1 Å². The molecule has 1 spiro atoms. The van der Waals surface area contributed by atoms with Gasteiger partial charge in [-0.1, -0.05) is 12.1 Å². The van der Waals surface area contributed by atoms with E-state index in [0.29, 0.717) is 48.4 Å². The van der Waals surface area contributed by atoms with Gasteiger partial charge in [0, 0.05) is 18.7 Å². The molecule has 5 rings (SSSR count). The summed E-state index contributed by atoms with van der Waals surface area (Å²) in [5.74, 6) is -0.154. The number of halogens is 3. The van der Waals surface area contributed by atoms with Gasteiger partial charge in [-0.15, -0.1) is 0 Å². The van der Waals surface area contributed by atoms with Gasteiger partial charge in [-0.05, 0) is 74.9 Å². The second kappa shape index (κ2) is 7.74. The van der Waals surface area contributed by atoms with Crippen LogP contribution in [0.2, 0.25) is 0 Å². The second-order valence-corrected chi connectivity index (χ2v) is 9.48. The molecule has 34 heavy (non-hydrogen) atoms. The third kappa shape index (κ3) is 3.73. The average molecular weight is 473 g/mol. The van der Waals surface area contributed by atoms with Gasteiger partial charge >= 0.3 is 6.18 Å². The van der Waals surface area contributed by atoms with Crippen LogP contribution in [0, 0.1) is 0 Å². The number of allylic oxidation sites excluding steroid dienone is 2. The van der Waals surface area contributed by atoms with Crippen LogP contribution in [-0.2, 0) is 22.1 Å². The highest BCUT2D eigenvalue weighted by molar-refractivity contribution is 5.94. The monoisotopic (exact) mass is 473 g/mol. The molecule has 3 aliphatic heterocycles. The molecule has 1 amide bonds. The van der Waals surface area contributed by atoms with Crippen LogP contribution < -0.4 is 5.32 Å². The van der Waals surface area contributed by atoms with E-state index in [2.05, 4.69) is 5.32 Å². The lowest BCUT2D eigenvalue weighted by atomic mass is 9.85. The molecule has 180 valence electrons. The number of hydrogen-bond donors (Lipinski definition) is 2. The van der Waals surface area contributed by atoms with Crippen molar-refractivity contribution >= 4 is 11.6 Å². The molecule has 1 saturated heterocycles. The number of dihydropyridines is 1. The molecule has 0 aliphatic carbocycles. The third-order valence-corrected chi connectivity index (χ3v) is 6.82. The summed E-state index contributed by atoms with van der Waals surface area (Å²) < 4.78 is 49.0. The minimum Gasteiger partial charge on any atom is -0.386 e. The maximum atomic E-state index is 13.8. The van der Waals surface area contributed by atoms with Crippen molar-refractivity contribution in [2.45, 2.75) is 50.3 Å². The minimum absolute atomic E-state index is 0.154. The Balaban J connectivity index is 1.40. The van der Waals surface area contributed by atoms with Gasteiger partial charge in [-0.2, -0.15) is 13.2 Å². The zero-order chi connectivity index (χ0) is 24.3. The molecule has 1 aromatic carbocycles. The summed E-state index contributed by atoms with van der Waals surface area (Å²) in [6, 6.07) is 9.42. The lowest BCUT2D eigenvalue weighted by Gasteiger charge is -2.48. The Morgan fingerprint density at radius 1 is 1.12 bits per heavy atom. The van der Waals surface area contributed by atoms with Gasteiger partial charge in [-0.25, -0.2) is 0 Å². The minimum atomic E-state index is -4.50. The van der Waals surface area contributed by atoms with E-state index in [-0.39, 0.29) is 5.91 Å². The normalized spacial score (nSPS) is 21.5. The standard InChI is InChI=1S/C25H26F3N3O3/c1-23(2,33)17-7-5-16(6-8-17)22(32)30-14-11-24(12-15-30)19-9-10-20(25(26,27)28)31(19)18-4-3-13-29-21(18)34-24/h3-10,13,21,29,33H,11-12,14-15H2,1-2H3. The number of benzene rings is 1. The van der Waals surface area contributed by atoms with Gasteiger partial charge in [-0.3, -0.25) is 4.79 Å². The quantitative estimate of drug-likeness (QED) is 0.687. The summed E-state index contributed by atoms with van der Waals surface area (Å²) in [6.07, 6.45) is 0.468. The van der Waals surface area contributed by atoms with Gasteiger partial charge in [0.1, 0.15) is 11.3 Å². The van der Waals surface area contributed by atoms with Crippen molar-refractivity contribution < 1.29 is 27.8 Å². The molecule has 1 fully saturated rings. The predicted octanol–water partition coefficient (Wildman–Crippen LogP) is 4.18. The van der Waals surface area contributed by atoms with Crippen LogP contribution in [0.25, 0.3) is 5.70 Å². The third-order valence-electron chi connectivity index (χ3n) is 6.82. The molecule has 9 heteroatoms. The predicted molar refractivity (Wildman–Crippen MR) is 119 cm³/mol. The highest BCUT2D eigenvalue weighted by atomic mass is 19.4. The largest absolute Gasteiger partial charge is 0.431 e. The summed E-state index contributed by atoms with van der Waals surface area (Å²) in [4.78, 5) is 14.8. The number of ether oxygens (including phenoxy) is 1. The van der Waals surface area contributed by atoms with Gasteiger partial charge in [0.2, 0.25) is 0 Å². The van der Waals surface area contributed by atoms with E-state index in [4.69, 9.17) is 4.74 Å². The number of aromatic nitrogens is 1. The number of nitrogens with zero attached hydrogens (tertiary/aromatic N) is 2. The molecule has 2 aromatic rings. The van der Waals surface area contributed by atoms with E-state index in [1.807, 2.05) is 0 Å². The Kier molecular flexibility index (Phi) is 5.18. The molecular weight excluding hydrogens is 447 g/mol. The first kappa shape index (κ1) is 22.7. The smallest absolute Gasteiger partial charge is 0.386 e. The number of alkyl halides is 3. The number of amides is 1. The van der Waals surface area contributed by atoms with E-state index in [0.717, 1.165) is 6.07 Å². The first-order chi connectivity index (χ1) is 16.0. The molecule has 6 nitrogen and oxygen atoms in total. The highest BCUT2D eigenvalue weighted by Crippen LogP contribution is 2.47. The van der Waals surface area contributed by atoms with Gasteiger partial charge in [0.15, 0.2) is 6.23 Å². The topological polar surface area (TPSA) is 66.7 Å². The Bertz CT molecular complexity index is 1160. The molecule has 1 atom stereocenters.